The van der Waals surface area contributed by atoms with Gasteiger partial charge in [0.15, 0.2) is 0 Å². The molecule has 108 valence electrons. The standard InChI is InChI=1S/C15H20N2O3/c1-11-5-4-9-16(10-8-11)15(18)13-6-3-7-14(12(13)2)17(19)20/h3,6-7,11H,4-5,8-10H2,1-2H3. The number of carbonyl (C=O) groups is 1. The molecule has 5 heteroatoms. The molecule has 0 radical (unpaired) electrons. The second-order valence-corrected chi connectivity index (χ2v) is 5.54. The van der Waals surface area contributed by atoms with E-state index in [0.717, 1.165) is 32.4 Å². The minimum Gasteiger partial charge on any atom is -0.339 e. The van der Waals surface area contributed by atoms with Gasteiger partial charge in [-0.15, -0.1) is 0 Å². The van der Waals surface area contributed by atoms with Crippen molar-refractivity contribution in [3.05, 3.63) is 39.4 Å². The third kappa shape index (κ3) is 2.98. The quantitative estimate of drug-likeness (QED) is 0.615. The minimum absolute atomic E-state index is 0.0130. The van der Waals surface area contributed by atoms with E-state index in [-0.39, 0.29) is 11.6 Å². The highest BCUT2D eigenvalue weighted by Gasteiger charge is 2.24. The van der Waals surface area contributed by atoms with Crippen LogP contribution in [-0.2, 0) is 0 Å². The highest BCUT2D eigenvalue weighted by atomic mass is 16.6. The predicted molar refractivity (Wildman–Crippen MR) is 76.8 cm³/mol. The molecule has 5 nitrogen and oxygen atoms in total. The highest BCUT2D eigenvalue weighted by molar-refractivity contribution is 5.96. The first kappa shape index (κ1) is 14.5. The minimum atomic E-state index is -0.434. The van der Waals surface area contributed by atoms with Gasteiger partial charge in [-0.25, -0.2) is 0 Å². The molecule has 1 atom stereocenters. The van der Waals surface area contributed by atoms with Crippen LogP contribution in [0.15, 0.2) is 18.2 Å². The maximum absolute atomic E-state index is 12.6. The Labute approximate surface area is 118 Å². The summed E-state index contributed by atoms with van der Waals surface area (Å²) in [5, 5.41) is 11.0. The van der Waals surface area contributed by atoms with Crippen molar-refractivity contribution in [1.82, 2.24) is 4.90 Å². The summed E-state index contributed by atoms with van der Waals surface area (Å²) in [6.07, 6.45) is 3.14. The number of benzene rings is 1. The normalized spacial score (nSPS) is 19.5. The summed E-state index contributed by atoms with van der Waals surface area (Å²) in [6, 6.07) is 4.70. The molecule has 20 heavy (non-hydrogen) atoms. The van der Waals surface area contributed by atoms with Crippen LogP contribution in [0.4, 0.5) is 5.69 Å². The van der Waals surface area contributed by atoms with Gasteiger partial charge in [0.1, 0.15) is 0 Å². The number of hydrogen-bond acceptors (Lipinski definition) is 3. The largest absolute Gasteiger partial charge is 0.339 e. The van der Waals surface area contributed by atoms with E-state index in [0.29, 0.717) is 17.0 Å². The van der Waals surface area contributed by atoms with Gasteiger partial charge in [0, 0.05) is 30.3 Å². The summed E-state index contributed by atoms with van der Waals surface area (Å²) in [5.41, 5.74) is 0.924. The monoisotopic (exact) mass is 276 g/mol. The molecule has 1 aromatic carbocycles. The number of carbonyl (C=O) groups excluding carboxylic acids is 1. The number of nitro benzene ring substituents is 1. The van der Waals surface area contributed by atoms with Gasteiger partial charge in [0.25, 0.3) is 11.6 Å². The van der Waals surface area contributed by atoms with Crippen LogP contribution < -0.4 is 0 Å². The van der Waals surface area contributed by atoms with E-state index in [4.69, 9.17) is 0 Å². The summed E-state index contributed by atoms with van der Waals surface area (Å²) in [6.45, 7) is 5.33. The maximum atomic E-state index is 12.6. The molecule has 0 aromatic heterocycles. The zero-order valence-corrected chi connectivity index (χ0v) is 12.0. The van der Waals surface area contributed by atoms with E-state index in [1.165, 1.54) is 6.07 Å². The predicted octanol–water partition coefficient (Wildman–Crippen LogP) is 3.17. The van der Waals surface area contributed by atoms with E-state index in [2.05, 4.69) is 6.92 Å². The highest BCUT2D eigenvalue weighted by Crippen LogP contribution is 2.24. The fraction of sp³-hybridized carbons (Fsp3) is 0.533. The van der Waals surface area contributed by atoms with Crippen LogP contribution in [0, 0.1) is 23.0 Å². The Balaban J connectivity index is 2.25. The van der Waals surface area contributed by atoms with Crippen LogP contribution in [0.25, 0.3) is 0 Å². The van der Waals surface area contributed by atoms with E-state index < -0.39 is 4.92 Å². The van der Waals surface area contributed by atoms with Crippen LogP contribution in [-0.4, -0.2) is 28.8 Å². The van der Waals surface area contributed by atoms with Crippen LogP contribution in [0.5, 0.6) is 0 Å². The van der Waals surface area contributed by atoms with E-state index >= 15 is 0 Å². The number of likely N-dealkylation sites (tertiary alicyclic amines) is 1. The Kier molecular flexibility index (Phi) is 4.37. The lowest BCUT2D eigenvalue weighted by Crippen LogP contribution is -2.32. The zero-order chi connectivity index (χ0) is 14.7. The second kappa shape index (κ2) is 6.03. The zero-order valence-electron chi connectivity index (χ0n) is 12.0. The van der Waals surface area contributed by atoms with Crippen LogP contribution in [0.2, 0.25) is 0 Å². The molecular weight excluding hydrogens is 256 g/mol. The fourth-order valence-electron chi connectivity index (χ4n) is 2.69. The molecular formula is C15H20N2O3. The lowest BCUT2D eigenvalue weighted by atomic mass is 10.0. The summed E-state index contributed by atoms with van der Waals surface area (Å²) < 4.78 is 0. The molecule has 1 fully saturated rings. The Bertz CT molecular complexity index is 528. The molecule has 0 bridgehead atoms. The van der Waals surface area contributed by atoms with Gasteiger partial charge >= 0.3 is 0 Å². The third-order valence-corrected chi connectivity index (χ3v) is 4.04. The average Bonchev–Trinajstić information content (AvgIpc) is 2.63. The summed E-state index contributed by atoms with van der Waals surface area (Å²) >= 11 is 0. The van der Waals surface area contributed by atoms with Crippen molar-refractivity contribution >= 4 is 11.6 Å². The van der Waals surface area contributed by atoms with Crippen molar-refractivity contribution in [3.63, 3.8) is 0 Å². The molecule has 0 spiro atoms. The molecule has 0 aliphatic carbocycles. The molecule has 1 amide bonds. The first-order chi connectivity index (χ1) is 9.50. The number of amides is 1. The van der Waals surface area contributed by atoms with E-state index in [1.807, 2.05) is 4.90 Å². The molecule has 1 aliphatic rings. The number of nitro groups is 1. The smallest absolute Gasteiger partial charge is 0.273 e. The molecule has 0 saturated carbocycles. The molecule has 1 heterocycles. The van der Waals surface area contributed by atoms with Crippen molar-refractivity contribution in [3.8, 4) is 0 Å². The van der Waals surface area contributed by atoms with Crippen molar-refractivity contribution in [1.29, 1.82) is 0 Å². The van der Waals surface area contributed by atoms with Crippen LogP contribution >= 0.6 is 0 Å². The van der Waals surface area contributed by atoms with Gasteiger partial charge < -0.3 is 4.90 Å². The number of nitrogens with zero attached hydrogens (tertiary/aromatic N) is 2. The van der Waals surface area contributed by atoms with Gasteiger partial charge in [0.05, 0.1) is 4.92 Å². The molecule has 1 aliphatic heterocycles. The molecule has 1 unspecified atom stereocenters. The third-order valence-electron chi connectivity index (χ3n) is 4.04. The molecule has 1 aromatic rings. The van der Waals surface area contributed by atoms with Crippen LogP contribution in [0.3, 0.4) is 0 Å². The first-order valence-electron chi connectivity index (χ1n) is 7.04. The summed E-state index contributed by atoms with van der Waals surface area (Å²) in [4.78, 5) is 24.9. The first-order valence-corrected chi connectivity index (χ1v) is 7.04. The average molecular weight is 276 g/mol. The molecule has 2 rings (SSSR count). The van der Waals surface area contributed by atoms with Crippen molar-refractivity contribution in [2.75, 3.05) is 13.1 Å². The lowest BCUT2D eigenvalue weighted by molar-refractivity contribution is -0.385. The van der Waals surface area contributed by atoms with Crippen molar-refractivity contribution in [2.24, 2.45) is 5.92 Å². The fourth-order valence-corrected chi connectivity index (χ4v) is 2.69. The maximum Gasteiger partial charge on any atom is 0.273 e. The van der Waals surface area contributed by atoms with E-state index in [9.17, 15) is 14.9 Å². The van der Waals surface area contributed by atoms with E-state index in [1.54, 1.807) is 19.1 Å². The Hall–Kier alpha value is -1.91. The Morgan fingerprint density at radius 3 is 2.80 bits per heavy atom. The van der Waals surface area contributed by atoms with Crippen molar-refractivity contribution in [2.45, 2.75) is 33.1 Å². The topological polar surface area (TPSA) is 63.5 Å². The molecule has 1 saturated heterocycles. The summed E-state index contributed by atoms with van der Waals surface area (Å²) in [5.74, 6) is 0.555. The van der Waals surface area contributed by atoms with Gasteiger partial charge in [-0.2, -0.15) is 0 Å². The van der Waals surface area contributed by atoms with Gasteiger partial charge in [-0.05, 0) is 38.2 Å². The Morgan fingerprint density at radius 2 is 2.10 bits per heavy atom. The molecule has 0 N–H and O–H groups in total. The Morgan fingerprint density at radius 1 is 1.35 bits per heavy atom. The van der Waals surface area contributed by atoms with Crippen LogP contribution in [0.1, 0.15) is 42.1 Å². The number of rotatable bonds is 2. The lowest BCUT2D eigenvalue weighted by Gasteiger charge is -2.21. The summed E-state index contributed by atoms with van der Waals surface area (Å²) in [7, 11) is 0. The van der Waals surface area contributed by atoms with Gasteiger partial charge in [-0.1, -0.05) is 13.0 Å². The van der Waals surface area contributed by atoms with Gasteiger partial charge in [0.2, 0.25) is 0 Å². The second-order valence-electron chi connectivity index (χ2n) is 5.54. The number of hydrogen-bond donors (Lipinski definition) is 0. The van der Waals surface area contributed by atoms with Crippen molar-refractivity contribution < 1.29 is 9.72 Å². The van der Waals surface area contributed by atoms with Gasteiger partial charge in [-0.3, -0.25) is 14.9 Å². The SMILES string of the molecule is Cc1c(C(=O)N2CCCC(C)CC2)cccc1[N+](=O)[O-].